The molecule has 0 aromatic carbocycles. The molecule has 3 heteroatoms. The number of hydrogen-bond acceptors (Lipinski definition) is 2. The second kappa shape index (κ2) is 11.7. The van der Waals surface area contributed by atoms with Gasteiger partial charge in [-0.15, -0.1) is 0 Å². The Kier molecular flexibility index (Phi) is 21.4. The van der Waals surface area contributed by atoms with Crippen molar-refractivity contribution in [2.45, 2.75) is 38.5 Å². The van der Waals surface area contributed by atoms with Gasteiger partial charge in [-0.3, -0.25) is 0 Å². The van der Waals surface area contributed by atoms with Gasteiger partial charge in [-0.05, 0) is 0 Å². The number of hydrogen-bond donors (Lipinski definition) is 2. The molecular formula is C6H19N2Na. The van der Waals surface area contributed by atoms with E-state index in [0.717, 1.165) is 0 Å². The van der Waals surface area contributed by atoms with Crippen LogP contribution in [0.15, 0.2) is 0 Å². The van der Waals surface area contributed by atoms with Crippen molar-refractivity contribution in [1.82, 2.24) is 12.3 Å². The molecule has 0 heterocycles. The molecule has 0 aromatic heterocycles. The van der Waals surface area contributed by atoms with Gasteiger partial charge in [0.2, 0.25) is 0 Å². The fraction of sp³-hybridized carbons (Fsp3) is 1.00. The molecule has 0 saturated heterocycles. The van der Waals surface area contributed by atoms with Crippen molar-refractivity contribution in [1.29, 1.82) is 0 Å². The molecule has 6 N–H and O–H groups in total. The van der Waals surface area contributed by atoms with Crippen LogP contribution in [-0.4, -0.2) is 29.6 Å². The van der Waals surface area contributed by atoms with Gasteiger partial charge < -0.3 is 12.3 Å². The molecule has 0 amide bonds. The predicted molar refractivity (Wildman–Crippen MR) is 44.9 cm³/mol. The minimum absolute atomic E-state index is 0. The van der Waals surface area contributed by atoms with Crippen molar-refractivity contribution in [3.8, 4) is 0 Å². The van der Waals surface area contributed by atoms with E-state index in [0.29, 0.717) is 0 Å². The third-order valence-corrected chi connectivity index (χ3v) is 1.50. The van der Waals surface area contributed by atoms with Gasteiger partial charge in [-0.1, -0.05) is 38.5 Å². The topological polar surface area (TPSA) is 70.0 Å². The molecule has 0 spiro atoms. The molecule has 0 atom stereocenters. The van der Waals surface area contributed by atoms with Crippen LogP contribution in [0.3, 0.4) is 0 Å². The molecule has 2 nitrogen and oxygen atoms in total. The monoisotopic (exact) mass is 142 g/mol. The summed E-state index contributed by atoms with van der Waals surface area (Å²) in [6.45, 7) is 0. The summed E-state index contributed by atoms with van der Waals surface area (Å²) < 4.78 is 0. The Morgan fingerprint density at radius 1 is 0.444 bits per heavy atom. The zero-order valence-electron chi connectivity index (χ0n) is 5.66. The van der Waals surface area contributed by atoms with Crippen LogP contribution in [0.5, 0.6) is 0 Å². The van der Waals surface area contributed by atoms with Crippen molar-refractivity contribution < 1.29 is 0 Å². The summed E-state index contributed by atoms with van der Waals surface area (Å²) in [5, 5.41) is 0. The Balaban J connectivity index is -0.000000120. The summed E-state index contributed by atoms with van der Waals surface area (Å²) in [7, 11) is 0. The molecule has 1 rings (SSSR count). The summed E-state index contributed by atoms with van der Waals surface area (Å²) in [4.78, 5) is 0. The zero-order chi connectivity index (χ0) is 4.24. The Labute approximate surface area is 80.2 Å². The van der Waals surface area contributed by atoms with Crippen molar-refractivity contribution in [2.75, 3.05) is 0 Å². The average molecular weight is 142 g/mol. The SMILES string of the molecule is C1CCCCC1.N.N.[NaH]. The second-order valence-electron chi connectivity index (χ2n) is 2.12. The van der Waals surface area contributed by atoms with Crippen LogP contribution < -0.4 is 12.3 Å². The normalized spacial score (nSPS) is 16.0. The Morgan fingerprint density at radius 3 is 0.667 bits per heavy atom. The van der Waals surface area contributed by atoms with Crippen LogP contribution in [0.1, 0.15) is 38.5 Å². The third-order valence-electron chi connectivity index (χ3n) is 1.50. The second-order valence-corrected chi connectivity index (χ2v) is 2.12. The van der Waals surface area contributed by atoms with E-state index >= 15 is 0 Å². The summed E-state index contributed by atoms with van der Waals surface area (Å²) in [5.74, 6) is 0. The zero-order valence-corrected chi connectivity index (χ0v) is 5.66. The molecular weight excluding hydrogens is 123 g/mol. The molecule has 1 saturated carbocycles. The van der Waals surface area contributed by atoms with E-state index in [9.17, 15) is 0 Å². The first-order valence-corrected chi connectivity index (χ1v) is 3.00. The van der Waals surface area contributed by atoms with Gasteiger partial charge in [0.05, 0.1) is 0 Å². The van der Waals surface area contributed by atoms with Crippen molar-refractivity contribution in [3.63, 3.8) is 0 Å². The Morgan fingerprint density at radius 2 is 0.556 bits per heavy atom. The third kappa shape index (κ3) is 8.92. The van der Waals surface area contributed by atoms with E-state index in [-0.39, 0.29) is 41.9 Å². The van der Waals surface area contributed by atoms with Gasteiger partial charge in [0.25, 0.3) is 0 Å². The first-order valence-electron chi connectivity index (χ1n) is 3.00. The van der Waals surface area contributed by atoms with Gasteiger partial charge in [-0.25, -0.2) is 0 Å². The van der Waals surface area contributed by atoms with Crippen LogP contribution in [0.25, 0.3) is 0 Å². The maximum atomic E-state index is 1.50. The van der Waals surface area contributed by atoms with E-state index in [1.165, 1.54) is 38.5 Å². The van der Waals surface area contributed by atoms with Gasteiger partial charge in [-0.2, -0.15) is 0 Å². The van der Waals surface area contributed by atoms with E-state index in [2.05, 4.69) is 0 Å². The van der Waals surface area contributed by atoms with E-state index < -0.39 is 0 Å². The fourth-order valence-corrected chi connectivity index (χ4v) is 1.06. The van der Waals surface area contributed by atoms with Crippen molar-refractivity contribution in [2.24, 2.45) is 0 Å². The molecule has 1 fully saturated rings. The molecule has 1 aliphatic rings. The first-order chi connectivity index (χ1) is 3.00. The van der Waals surface area contributed by atoms with Crippen LogP contribution in [0.2, 0.25) is 0 Å². The van der Waals surface area contributed by atoms with Crippen LogP contribution in [0.4, 0.5) is 0 Å². The molecule has 0 unspecified atom stereocenters. The van der Waals surface area contributed by atoms with E-state index in [1.807, 2.05) is 0 Å². The van der Waals surface area contributed by atoms with Crippen LogP contribution >= 0.6 is 0 Å². The molecule has 0 radical (unpaired) electrons. The Hall–Kier alpha value is 0.920. The average Bonchev–Trinajstić information content (AvgIpc) is 1.72. The van der Waals surface area contributed by atoms with Gasteiger partial charge in [0.15, 0.2) is 0 Å². The summed E-state index contributed by atoms with van der Waals surface area (Å²) in [5.41, 5.74) is 0. The summed E-state index contributed by atoms with van der Waals surface area (Å²) >= 11 is 0. The van der Waals surface area contributed by atoms with E-state index in [1.54, 1.807) is 0 Å². The fourth-order valence-electron chi connectivity index (χ4n) is 1.06. The Bertz CT molecular complexity index is 26.5. The minimum atomic E-state index is 0. The van der Waals surface area contributed by atoms with Crippen molar-refractivity contribution >= 4 is 29.6 Å². The molecule has 0 aromatic rings. The quantitative estimate of drug-likeness (QED) is 0.508. The first kappa shape index (κ1) is 16.5. The van der Waals surface area contributed by atoms with Gasteiger partial charge >= 0.3 is 29.6 Å². The molecule has 0 bridgehead atoms. The van der Waals surface area contributed by atoms with Crippen molar-refractivity contribution in [3.05, 3.63) is 0 Å². The molecule has 1 aliphatic carbocycles. The van der Waals surface area contributed by atoms with Gasteiger partial charge in [0.1, 0.15) is 0 Å². The molecule has 0 aliphatic heterocycles. The summed E-state index contributed by atoms with van der Waals surface area (Å²) in [6.07, 6.45) is 9.00. The standard InChI is InChI=1S/C6H12.2H3N.Na.H/c1-2-4-6-5-3-1;;;;/h1-6H2;2*1H3;;. The summed E-state index contributed by atoms with van der Waals surface area (Å²) in [6, 6.07) is 0. The van der Waals surface area contributed by atoms with Crippen LogP contribution in [-0.2, 0) is 0 Å². The molecule has 9 heavy (non-hydrogen) atoms. The molecule has 54 valence electrons. The maximum absolute atomic E-state index is 1.50. The van der Waals surface area contributed by atoms with Crippen LogP contribution in [0, 0.1) is 0 Å². The predicted octanol–water partition coefficient (Wildman–Crippen LogP) is 2.02. The van der Waals surface area contributed by atoms with E-state index in [4.69, 9.17) is 0 Å². The number of rotatable bonds is 0. The van der Waals surface area contributed by atoms with Gasteiger partial charge in [0, 0.05) is 0 Å².